The molecule has 0 spiro atoms. The summed E-state index contributed by atoms with van der Waals surface area (Å²) in [4.78, 5) is 22.2. The smallest absolute Gasteiger partial charge is 0.246 e. The Kier molecular flexibility index (Phi) is 5.69. The molecule has 1 saturated heterocycles. The molecule has 4 rings (SSSR count). The van der Waals surface area contributed by atoms with Gasteiger partial charge in [0.2, 0.25) is 5.91 Å². The number of piperazine rings is 1. The summed E-state index contributed by atoms with van der Waals surface area (Å²) in [6.07, 6.45) is 1.84. The maximum atomic E-state index is 13.2. The molecular formula is C22H24N4OS. The van der Waals surface area contributed by atoms with E-state index in [2.05, 4.69) is 20.1 Å². The summed E-state index contributed by atoms with van der Waals surface area (Å²) in [5.74, 6) is 0.0118. The number of aryl methyl sites for hydroxylation is 1. The van der Waals surface area contributed by atoms with Crippen molar-refractivity contribution in [2.24, 2.45) is 0 Å². The SMILES string of the molecule is Cc1ccc(NC(=O)C(c2ccccc2)N2CCN(c3nccs3)CC2)cc1. The molecule has 5 nitrogen and oxygen atoms in total. The fourth-order valence-electron chi connectivity index (χ4n) is 3.55. The first-order valence-electron chi connectivity index (χ1n) is 9.52. The minimum atomic E-state index is -0.305. The Hall–Kier alpha value is -2.70. The summed E-state index contributed by atoms with van der Waals surface area (Å²) < 4.78 is 0. The predicted molar refractivity (Wildman–Crippen MR) is 115 cm³/mol. The average molecular weight is 393 g/mol. The van der Waals surface area contributed by atoms with Crippen molar-refractivity contribution in [3.63, 3.8) is 0 Å². The standard InChI is InChI=1S/C22H24N4OS/c1-17-7-9-19(10-8-17)24-21(27)20(18-5-3-2-4-6-18)25-12-14-26(15-13-25)22-23-11-16-28-22/h2-11,16,20H,12-15H2,1H3,(H,24,27). The van der Waals surface area contributed by atoms with E-state index in [4.69, 9.17) is 0 Å². The highest BCUT2D eigenvalue weighted by atomic mass is 32.1. The van der Waals surface area contributed by atoms with Crippen molar-refractivity contribution in [2.45, 2.75) is 13.0 Å². The largest absolute Gasteiger partial charge is 0.346 e. The van der Waals surface area contributed by atoms with Crippen LogP contribution in [-0.2, 0) is 4.79 Å². The van der Waals surface area contributed by atoms with E-state index >= 15 is 0 Å². The molecule has 6 heteroatoms. The molecular weight excluding hydrogens is 368 g/mol. The van der Waals surface area contributed by atoms with Crippen LogP contribution in [0.15, 0.2) is 66.2 Å². The summed E-state index contributed by atoms with van der Waals surface area (Å²) in [6.45, 7) is 5.42. The molecule has 3 aromatic rings. The number of rotatable bonds is 5. The van der Waals surface area contributed by atoms with Crippen molar-refractivity contribution in [2.75, 3.05) is 36.4 Å². The van der Waals surface area contributed by atoms with E-state index < -0.39 is 0 Å². The first-order chi connectivity index (χ1) is 13.7. The molecule has 1 atom stereocenters. The number of nitrogens with zero attached hydrogens (tertiary/aromatic N) is 3. The zero-order valence-corrected chi connectivity index (χ0v) is 16.7. The molecule has 0 bridgehead atoms. The lowest BCUT2D eigenvalue weighted by atomic mass is 10.0. The third kappa shape index (κ3) is 4.24. The van der Waals surface area contributed by atoms with Crippen LogP contribution in [0.25, 0.3) is 0 Å². The molecule has 0 saturated carbocycles. The number of thiazole rings is 1. The third-order valence-electron chi connectivity index (χ3n) is 5.05. The minimum absolute atomic E-state index is 0.0118. The molecule has 1 aliphatic heterocycles. The fraction of sp³-hybridized carbons (Fsp3) is 0.273. The Bertz CT molecular complexity index is 888. The van der Waals surface area contributed by atoms with E-state index in [1.165, 1.54) is 5.56 Å². The van der Waals surface area contributed by atoms with Crippen molar-refractivity contribution < 1.29 is 4.79 Å². The number of amides is 1. The Morgan fingerprint density at radius 2 is 1.75 bits per heavy atom. The number of carbonyl (C=O) groups is 1. The molecule has 1 N–H and O–H groups in total. The van der Waals surface area contributed by atoms with Gasteiger partial charge in [0.25, 0.3) is 0 Å². The van der Waals surface area contributed by atoms with E-state index in [0.717, 1.165) is 42.6 Å². The van der Waals surface area contributed by atoms with E-state index in [9.17, 15) is 4.79 Å². The van der Waals surface area contributed by atoms with Gasteiger partial charge >= 0.3 is 0 Å². The van der Waals surface area contributed by atoms with E-state index in [-0.39, 0.29) is 11.9 Å². The van der Waals surface area contributed by atoms with Gasteiger partial charge in [-0.2, -0.15) is 0 Å². The van der Waals surface area contributed by atoms with E-state index in [1.807, 2.05) is 73.1 Å². The van der Waals surface area contributed by atoms with Gasteiger partial charge in [-0.05, 0) is 24.6 Å². The molecule has 1 unspecified atom stereocenters. The highest BCUT2D eigenvalue weighted by molar-refractivity contribution is 7.13. The van der Waals surface area contributed by atoms with Gasteiger partial charge in [0.05, 0.1) is 0 Å². The maximum Gasteiger partial charge on any atom is 0.246 e. The molecule has 28 heavy (non-hydrogen) atoms. The monoisotopic (exact) mass is 392 g/mol. The average Bonchev–Trinajstić information content (AvgIpc) is 3.26. The van der Waals surface area contributed by atoms with Gasteiger partial charge in [0.1, 0.15) is 6.04 Å². The zero-order valence-electron chi connectivity index (χ0n) is 15.9. The van der Waals surface area contributed by atoms with Crippen molar-refractivity contribution in [3.8, 4) is 0 Å². The Balaban J connectivity index is 1.51. The number of anilines is 2. The number of carbonyl (C=O) groups excluding carboxylic acids is 1. The first kappa shape index (κ1) is 18.7. The molecule has 1 fully saturated rings. The van der Waals surface area contributed by atoms with Crippen LogP contribution >= 0.6 is 11.3 Å². The van der Waals surface area contributed by atoms with Crippen molar-refractivity contribution in [1.82, 2.24) is 9.88 Å². The molecule has 0 aliphatic carbocycles. The molecule has 2 aromatic carbocycles. The summed E-state index contributed by atoms with van der Waals surface area (Å²) in [7, 11) is 0. The van der Waals surface area contributed by atoms with Gasteiger partial charge < -0.3 is 10.2 Å². The Morgan fingerprint density at radius 3 is 2.39 bits per heavy atom. The molecule has 1 amide bonds. The Morgan fingerprint density at radius 1 is 1.04 bits per heavy atom. The fourth-order valence-corrected chi connectivity index (χ4v) is 4.25. The van der Waals surface area contributed by atoms with Crippen molar-refractivity contribution >= 4 is 28.1 Å². The second-order valence-corrected chi connectivity index (χ2v) is 7.88. The van der Waals surface area contributed by atoms with E-state index in [1.54, 1.807) is 11.3 Å². The van der Waals surface area contributed by atoms with Crippen LogP contribution < -0.4 is 10.2 Å². The summed E-state index contributed by atoms with van der Waals surface area (Å²) in [5, 5.41) is 6.16. The summed E-state index contributed by atoms with van der Waals surface area (Å²) in [5.41, 5.74) is 3.03. The van der Waals surface area contributed by atoms with Gasteiger partial charge in [0, 0.05) is 43.4 Å². The summed E-state index contributed by atoms with van der Waals surface area (Å²) >= 11 is 1.66. The van der Waals surface area contributed by atoms with Crippen LogP contribution in [0.3, 0.4) is 0 Å². The lowest BCUT2D eigenvalue weighted by Gasteiger charge is -2.38. The number of nitrogens with one attached hydrogen (secondary N) is 1. The van der Waals surface area contributed by atoms with Crippen LogP contribution in [0.5, 0.6) is 0 Å². The van der Waals surface area contributed by atoms with E-state index in [0.29, 0.717) is 0 Å². The summed E-state index contributed by atoms with van der Waals surface area (Å²) in [6, 6.07) is 17.7. The highest BCUT2D eigenvalue weighted by Crippen LogP contribution is 2.26. The quantitative estimate of drug-likeness (QED) is 0.714. The van der Waals surface area contributed by atoms with Crippen LogP contribution in [0, 0.1) is 6.92 Å². The minimum Gasteiger partial charge on any atom is -0.346 e. The second-order valence-electron chi connectivity index (χ2n) is 7.01. The lowest BCUT2D eigenvalue weighted by Crippen LogP contribution is -2.50. The molecule has 0 radical (unpaired) electrons. The predicted octanol–water partition coefficient (Wildman–Crippen LogP) is 3.95. The third-order valence-corrected chi connectivity index (χ3v) is 5.88. The number of hydrogen-bond donors (Lipinski definition) is 1. The van der Waals surface area contributed by atoms with Gasteiger partial charge in [-0.25, -0.2) is 4.98 Å². The van der Waals surface area contributed by atoms with Crippen molar-refractivity contribution in [1.29, 1.82) is 0 Å². The number of hydrogen-bond acceptors (Lipinski definition) is 5. The second kappa shape index (κ2) is 8.54. The van der Waals surface area contributed by atoms with Gasteiger partial charge in [-0.15, -0.1) is 11.3 Å². The zero-order chi connectivity index (χ0) is 19.3. The number of benzene rings is 2. The highest BCUT2D eigenvalue weighted by Gasteiger charge is 2.31. The topological polar surface area (TPSA) is 48.5 Å². The molecule has 1 aliphatic rings. The first-order valence-corrected chi connectivity index (χ1v) is 10.4. The van der Waals surface area contributed by atoms with Gasteiger partial charge in [-0.1, -0.05) is 48.0 Å². The lowest BCUT2D eigenvalue weighted by molar-refractivity contribution is -0.121. The molecule has 144 valence electrons. The van der Waals surface area contributed by atoms with Crippen LogP contribution in [0.4, 0.5) is 10.8 Å². The van der Waals surface area contributed by atoms with Crippen molar-refractivity contribution in [3.05, 3.63) is 77.3 Å². The molecule has 2 heterocycles. The molecule has 1 aromatic heterocycles. The maximum absolute atomic E-state index is 13.2. The number of aromatic nitrogens is 1. The van der Waals surface area contributed by atoms with Gasteiger partial charge in [-0.3, -0.25) is 9.69 Å². The van der Waals surface area contributed by atoms with Gasteiger partial charge in [0.15, 0.2) is 5.13 Å². The normalized spacial score (nSPS) is 16.0. The van der Waals surface area contributed by atoms with Crippen LogP contribution in [-0.4, -0.2) is 42.0 Å². The van der Waals surface area contributed by atoms with Crippen LogP contribution in [0.2, 0.25) is 0 Å². The Labute approximate surface area is 169 Å². The van der Waals surface area contributed by atoms with Crippen LogP contribution in [0.1, 0.15) is 17.2 Å².